The molecule has 1 aliphatic rings. The number of thiophene rings is 1. The van der Waals surface area contributed by atoms with Crippen LogP contribution >= 0.6 is 11.3 Å². The molecular formula is C23H22FN5O3S2. The van der Waals surface area contributed by atoms with Crippen LogP contribution in [0.25, 0.3) is 11.5 Å². The molecular weight excluding hydrogens is 477 g/mol. The van der Waals surface area contributed by atoms with Gasteiger partial charge in [-0.05, 0) is 43.3 Å². The molecule has 34 heavy (non-hydrogen) atoms. The molecule has 8 nitrogen and oxygen atoms in total. The maximum Gasteiger partial charge on any atom is 0.259 e. The van der Waals surface area contributed by atoms with E-state index < -0.39 is 15.8 Å². The van der Waals surface area contributed by atoms with Crippen LogP contribution in [-0.2, 0) is 10.0 Å². The smallest absolute Gasteiger partial charge is 0.259 e. The first kappa shape index (κ1) is 22.5. The summed E-state index contributed by atoms with van der Waals surface area (Å²) >= 11 is 1.24. The minimum Gasteiger partial charge on any atom is -0.336 e. The number of amides is 1. The Morgan fingerprint density at radius 3 is 2.35 bits per heavy atom. The molecule has 176 valence electrons. The Morgan fingerprint density at radius 2 is 1.71 bits per heavy atom. The first-order valence-corrected chi connectivity index (χ1v) is 12.9. The maximum atomic E-state index is 14.5. The first-order valence-electron chi connectivity index (χ1n) is 10.7. The van der Waals surface area contributed by atoms with Gasteiger partial charge in [-0.25, -0.2) is 17.5 Å². The normalized spacial score (nSPS) is 15.1. The standard InChI is InChI=1S/C23H22FN5O3S2/c1-17-8-9-21(33-17)34(31,32)28-14-12-27(13-15-28)23(30)18-16-25-29(20-7-3-2-6-19(20)24)22(18)26-10-4-5-11-26/h2-11,16H,12-15H2,1H3. The van der Waals surface area contributed by atoms with Crippen molar-refractivity contribution in [1.29, 1.82) is 0 Å². The summed E-state index contributed by atoms with van der Waals surface area (Å²) in [7, 11) is -3.58. The van der Waals surface area contributed by atoms with Gasteiger partial charge in [-0.1, -0.05) is 12.1 Å². The van der Waals surface area contributed by atoms with Gasteiger partial charge >= 0.3 is 0 Å². The van der Waals surface area contributed by atoms with E-state index in [-0.39, 0.29) is 37.8 Å². The van der Waals surface area contributed by atoms with E-state index in [2.05, 4.69) is 5.10 Å². The summed E-state index contributed by atoms with van der Waals surface area (Å²) in [6, 6.07) is 13.3. The second kappa shape index (κ2) is 8.82. The molecule has 1 fully saturated rings. The van der Waals surface area contributed by atoms with Crippen molar-refractivity contribution in [3.63, 3.8) is 0 Å². The number of carbonyl (C=O) groups excluding carboxylic acids is 1. The van der Waals surface area contributed by atoms with Gasteiger partial charge in [0.05, 0.1) is 6.20 Å². The van der Waals surface area contributed by atoms with Crippen LogP contribution in [0.4, 0.5) is 4.39 Å². The summed E-state index contributed by atoms with van der Waals surface area (Å²) in [6.07, 6.45) is 4.96. The summed E-state index contributed by atoms with van der Waals surface area (Å²) in [4.78, 5) is 16.0. The molecule has 1 amide bonds. The highest BCUT2D eigenvalue weighted by Gasteiger charge is 2.33. The monoisotopic (exact) mass is 499 g/mol. The molecule has 1 saturated heterocycles. The molecule has 0 atom stereocenters. The predicted molar refractivity (Wildman–Crippen MR) is 127 cm³/mol. The highest BCUT2D eigenvalue weighted by molar-refractivity contribution is 7.91. The van der Waals surface area contributed by atoms with E-state index in [0.717, 1.165) is 4.88 Å². The lowest BCUT2D eigenvalue weighted by Gasteiger charge is -2.33. The average molecular weight is 500 g/mol. The third-order valence-corrected chi connectivity index (χ3v) is 9.11. The Bertz CT molecular complexity index is 1430. The molecule has 0 saturated carbocycles. The number of carbonyl (C=O) groups is 1. The lowest BCUT2D eigenvalue weighted by Crippen LogP contribution is -2.50. The summed E-state index contributed by atoms with van der Waals surface area (Å²) in [5.41, 5.74) is 0.539. The van der Waals surface area contributed by atoms with E-state index in [0.29, 0.717) is 15.6 Å². The van der Waals surface area contributed by atoms with Crippen LogP contribution in [0.5, 0.6) is 0 Å². The van der Waals surface area contributed by atoms with E-state index >= 15 is 0 Å². The third-order valence-electron chi connectivity index (χ3n) is 5.74. The number of aryl methyl sites for hydroxylation is 1. The quantitative estimate of drug-likeness (QED) is 0.422. The number of para-hydroxylation sites is 1. The highest BCUT2D eigenvalue weighted by Crippen LogP contribution is 2.27. The van der Waals surface area contributed by atoms with E-state index in [1.807, 2.05) is 19.1 Å². The lowest BCUT2D eigenvalue weighted by atomic mass is 10.2. The van der Waals surface area contributed by atoms with Crippen molar-refractivity contribution in [2.45, 2.75) is 11.1 Å². The van der Waals surface area contributed by atoms with Gasteiger partial charge in [-0.2, -0.15) is 9.40 Å². The fourth-order valence-corrected chi connectivity index (χ4v) is 6.86. The Hall–Kier alpha value is -3.28. The molecule has 1 aromatic carbocycles. The molecule has 11 heteroatoms. The number of benzene rings is 1. The van der Waals surface area contributed by atoms with Crippen LogP contribution in [0.2, 0.25) is 0 Å². The van der Waals surface area contributed by atoms with Crippen molar-refractivity contribution >= 4 is 27.3 Å². The van der Waals surface area contributed by atoms with Crippen LogP contribution in [-0.4, -0.2) is 64.1 Å². The fourth-order valence-electron chi connectivity index (χ4n) is 4.00. The zero-order chi connectivity index (χ0) is 23.9. The fraction of sp³-hybridized carbons (Fsp3) is 0.217. The number of hydrogen-bond acceptors (Lipinski definition) is 5. The summed E-state index contributed by atoms with van der Waals surface area (Å²) in [5.74, 6) is -0.319. The molecule has 0 radical (unpaired) electrons. The number of hydrogen-bond donors (Lipinski definition) is 0. The summed E-state index contributed by atoms with van der Waals surface area (Å²) < 4.78 is 45.2. The molecule has 5 rings (SSSR count). The Morgan fingerprint density at radius 1 is 1.00 bits per heavy atom. The largest absolute Gasteiger partial charge is 0.336 e. The van der Waals surface area contributed by atoms with Crippen LogP contribution in [0.1, 0.15) is 15.2 Å². The molecule has 1 aliphatic heterocycles. The van der Waals surface area contributed by atoms with Gasteiger partial charge in [0, 0.05) is 43.4 Å². The van der Waals surface area contributed by atoms with Crippen LogP contribution < -0.4 is 0 Å². The number of rotatable bonds is 5. The zero-order valence-corrected chi connectivity index (χ0v) is 20.0. The van der Waals surface area contributed by atoms with Crippen molar-refractivity contribution in [1.82, 2.24) is 23.6 Å². The van der Waals surface area contributed by atoms with Gasteiger partial charge in [0.1, 0.15) is 21.3 Å². The summed E-state index contributed by atoms with van der Waals surface area (Å²) in [5, 5.41) is 4.32. The van der Waals surface area contributed by atoms with Gasteiger partial charge < -0.3 is 9.47 Å². The molecule has 0 unspecified atom stereocenters. The number of piperazine rings is 1. The van der Waals surface area contributed by atoms with Crippen molar-refractivity contribution in [2.75, 3.05) is 26.2 Å². The van der Waals surface area contributed by atoms with Gasteiger partial charge in [0.15, 0.2) is 5.82 Å². The van der Waals surface area contributed by atoms with Crippen molar-refractivity contribution in [3.05, 3.63) is 83.4 Å². The van der Waals surface area contributed by atoms with Crippen molar-refractivity contribution in [2.24, 2.45) is 0 Å². The third kappa shape index (κ3) is 3.95. The SMILES string of the molecule is Cc1ccc(S(=O)(=O)N2CCN(C(=O)c3cnn(-c4ccccc4F)c3-n3cccc3)CC2)s1. The topological polar surface area (TPSA) is 80.4 Å². The van der Waals surface area contributed by atoms with Crippen LogP contribution in [0, 0.1) is 12.7 Å². The van der Waals surface area contributed by atoms with Crippen molar-refractivity contribution in [3.8, 4) is 11.5 Å². The van der Waals surface area contributed by atoms with Gasteiger partial charge in [0.25, 0.3) is 15.9 Å². The lowest BCUT2D eigenvalue weighted by molar-refractivity contribution is 0.0698. The maximum absolute atomic E-state index is 14.5. The molecule has 4 heterocycles. The van der Waals surface area contributed by atoms with Gasteiger partial charge in [-0.3, -0.25) is 4.79 Å². The number of nitrogens with zero attached hydrogens (tertiary/aromatic N) is 5. The Kier molecular flexibility index (Phi) is 5.84. The number of halogens is 1. The van der Waals surface area contributed by atoms with E-state index in [1.54, 1.807) is 52.2 Å². The van der Waals surface area contributed by atoms with E-state index in [1.165, 1.54) is 32.6 Å². The Balaban J connectivity index is 1.41. The molecule has 0 bridgehead atoms. The highest BCUT2D eigenvalue weighted by atomic mass is 32.2. The van der Waals surface area contributed by atoms with Crippen LogP contribution in [0.3, 0.4) is 0 Å². The van der Waals surface area contributed by atoms with Gasteiger partial charge in [-0.15, -0.1) is 11.3 Å². The predicted octanol–water partition coefficient (Wildman–Crippen LogP) is 3.32. The van der Waals surface area contributed by atoms with E-state index in [9.17, 15) is 17.6 Å². The minimum atomic E-state index is -3.58. The summed E-state index contributed by atoms with van der Waals surface area (Å²) in [6.45, 7) is 2.76. The molecule has 0 aliphatic carbocycles. The van der Waals surface area contributed by atoms with Crippen molar-refractivity contribution < 1.29 is 17.6 Å². The minimum absolute atomic E-state index is 0.200. The van der Waals surface area contributed by atoms with E-state index in [4.69, 9.17) is 0 Å². The number of aromatic nitrogens is 3. The second-order valence-electron chi connectivity index (χ2n) is 7.90. The molecule has 0 spiro atoms. The van der Waals surface area contributed by atoms with Crippen LogP contribution in [0.15, 0.2) is 71.3 Å². The average Bonchev–Trinajstić information content (AvgIpc) is 3.59. The second-order valence-corrected chi connectivity index (χ2v) is 11.3. The molecule has 0 N–H and O–H groups in total. The first-order chi connectivity index (χ1) is 16.4. The molecule has 4 aromatic rings. The van der Waals surface area contributed by atoms with Gasteiger partial charge in [0.2, 0.25) is 0 Å². The zero-order valence-electron chi connectivity index (χ0n) is 18.3. The molecule has 3 aromatic heterocycles. The number of sulfonamides is 1. The Labute approximate surface area is 200 Å².